The molecule has 3 heterocycles. The summed E-state index contributed by atoms with van der Waals surface area (Å²) in [6.45, 7) is 6.49. The highest BCUT2D eigenvalue weighted by atomic mass is 16.3. The summed E-state index contributed by atoms with van der Waals surface area (Å²) < 4.78 is 7.44. The van der Waals surface area contributed by atoms with Crippen LogP contribution < -0.4 is 10.2 Å². The van der Waals surface area contributed by atoms with E-state index in [2.05, 4.69) is 29.0 Å². The standard InChI is InChI=1S/C15H19N5O/c1-3-16-13-11-20-8-7-17-14(20)15(18-13)19(4-2)10-12-6-5-9-21-12/h5-9,11,16H,3-4,10H2,1-2H3. The van der Waals surface area contributed by atoms with E-state index in [-0.39, 0.29) is 0 Å². The van der Waals surface area contributed by atoms with E-state index >= 15 is 0 Å². The summed E-state index contributed by atoms with van der Waals surface area (Å²) in [5.74, 6) is 2.62. The molecule has 21 heavy (non-hydrogen) atoms. The Bertz CT molecular complexity index is 704. The molecule has 0 spiro atoms. The Balaban J connectivity index is 2.01. The van der Waals surface area contributed by atoms with Crippen LogP contribution in [0.15, 0.2) is 41.4 Å². The summed E-state index contributed by atoms with van der Waals surface area (Å²) in [7, 11) is 0. The van der Waals surface area contributed by atoms with Crippen LogP contribution in [0, 0.1) is 0 Å². The molecule has 0 aliphatic heterocycles. The van der Waals surface area contributed by atoms with Crippen LogP contribution >= 0.6 is 0 Å². The molecular formula is C15H19N5O. The second-order valence-electron chi connectivity index (χ2n) is 4.73. The van der Waals surface area contributed by atoms with Crippen LogP contribution in [-0.4, -0.2) is 27.5 Å². The van der Waals surface area contributed by atoms with E-state index in [0.717, 1.165) is 36.1 Å². The summed E-state index contributed by atoms with van der Waals surface area (Å²) >= 11 is 0. The van der Waals surface area contributed by atoms with Gasteiger partial charge in [0.1, 0.15) is 11.6 Å². The molecule has 0 bridgehead atoms. The SMILES string of the molecule is CCNc1cn2ccnc2c(N(CC)Cc2ccco2)n1. The molecule has 110 valence electrons. The van der Waals surface area contributed by atoms with Gasteiger partial charge in [-0.15, -0.1) is 0 Å². The fourth-order valence-corrected chi connectivity index (χ4v) is 2.32. The molecule has 0 saturated carbocycles. The first kappa shape index (κ1) is 13.5. The molecule has 0 aliphatic carbocycles. The molecule has 0 atom stereocenters. The van der Waals surface area contributed by atoms with Crippen molar-refractivity contribution in [2.45, 2.75) is 20.4 Å². The predicted molar refractivity (Wildman–Crippen MR) is 82.6 cm³/mol. The highest BCUT2D eigenvalue weighted by Gasteiger charge is 2.15. The van der Waals surface area contributed by atoms with E-state index in [1.807, 2.05) is 28.9 Å². The Morgan fingerprint density at radius 2 is 2.29 bits per heavy atom. The number of nitrogens with one attached hydrogen (secondary N) is 1. The van der Waals surface area contributed by atoms with Gasteiger partial charge in [-0.25, -0.2) is 9.97 Å². The minimum Gasteiger partial charge on any atom is -0.467 e. The zero-order valence-electron chi connectivity index (χ0n) is 12.3. The number of aromatic nitrogens is 3. The van der Waals surface area contributed by atoms with Gasteiger partial charge >= 0.3 is 0 Å². The molecule has 0 amide bonds. The van der Waals surface area contributed by atoms with Crippen LogP contribution in [0.4, 0.5) is 11.6 Å². The molecule has 3 aromatic heterocycles. The lowest BCUT2D eigenvalue weighted by Crippen LogP contribution is -2.24. The molecule has 0 unspecified atom stereocenters. The Morgan fingerprint density at radius 1 is 1.38 bits per heavy atom. The lowest BCUT2D eigenvalue weighted by atomic mass is 10.4. The third-order valence-corrected chi connectivity index (χ3v) is 3.32. The van der Waals surface area contributed by atoms with E-state index in [1.54, 1.807) is 12.5 Å². The van der Waals surface area contributed by atoms with Crippen molar-refractivity contribution in [1.29, 1.82) is 0 Å². The molecule has 6 heteroatoms. The maximum absolute atomic E-state index is 5.45. The zero-order valence-corrected chi connectivity index (χ0v) is 12.3. The molecule has 0 fully saturated rings. The molecule has 3 aromatic rings. The summed E-state index contributed by atoms with van der Waals surface area (Å²) in [4.78, 5) is 11.3. The Labute approximate surface area is 123 Å². The fourth-order valence-electron chi connectivity index (χ4n) is 2.32. The van der Waals surface area contributed by atoms with E-state index in [4.69, 9.17) is 9.40 Å². The van der Waals surface area contributed by atoms with Gasteiger partial charge in [-0.2, -0.15) is 0 Å². The van der Waals surface area contributed by atoms with Gasteiger partial charge in [0.05, 0.1) is 19.0 Å². The van der Waals surface area contributed by atoms with Crippen LogP contribution in [0.2, 0.25) is 0 Å². The van der Waals surface area contributed by atoms with Gasteiger partial charge in [-0.3, -0.25) is 0 Å². The number of hydrogen-bond acceptors (Lipinski definition) is 5. The van der Waals surface area contributed by atoms with Crippen LogP contribution in [0.25, 0.3) is 5.65 Å². The molecule has 3 rings (SSSR count). The lowest BCUT2D eigenvalue weighted by Gasteiger charge is -2.22. The van der Waals surface area contributed by atoms with Crippen molar-refractivity contribution >= 4 is 17.3 Å². The number of rotatable bonds is 6. The summed E-state index contributed by atoms with van der Waals surface area (Å²) in [5, 5.41) is 3.26. The maximum Gasteiger partial charge on any atom is 0.180 e. The Kier molecular flexibility index (Phi) is 3.77. The van der Waals surface area contributed by atoms with E-state index in [1.165, 1.54) is 0 Å². The van der Waals surface area contributed by atoms with Gasteiger partial charge in [0, 0.05) is 25.5 Å². The van der Waals surface area contributed by atoms with Crippen LogP contribution in [0.1, 0.15) is 19.6 Å². The van der Waals surface area contributed by atoms with Crippen molar-refractivity contribution in [2.75, 3.05) is 23.3 Å². The van der Waals surface area contributed by atoms with E-state index < -0.39 is 0 Å². The first-order chi connectivity index (χ1) is 10.3. The third-order valence-electron chi connectivity index (χ3n) is 3.32. The Morgan fingerprint density at radius 3 is 3.00 bits per heavy atom. The minimum absolute atomic E-state index is 0.675. The van der Waals surface area contributed by atoms with Crippen LogP contribution in [0.3, 0.4) is 0 Å². The second kappa shape index (κ2) is 5.87. The molecule has 0 aliphatic rings. The van der Waals surface area contributed by atoms with Gasteiger partial charge in [0.2, 0.25) is 0 Å². The average Bonchev–Trinajstić information content (AvgIpc) is 3.15. The minimum atomic E-state index is 0.675. The fraction of sp³-hybridized carbons (Fsp3) is 0.333. The molecule has 0 radical (unpaired) electrons. The van der Waals surface area contributed by atoms with Gasteiger partial charge in [-0.1, -0.05) is 0 Å². The van der Waals surface area contributed by atoms with Crippen molar-refractivity contribution < 1.29 is 4.42 Å². The van der Waals surface area contributed by atoms with Crippen molar-refractivity contribution in [3.63, 3.8) is 0 Å². The highest BCUT2D eigenvalue weighted by molar-refractivity contribution is 5.66. The molecular weight excluding hydrogens is 266 g/mol. The number of anilines is 2. The second-order valence-corrected chi connectivity index (χ2v) is 4.73. The van der Waals surface area contributed by atoms with Crippen LogP contribution in [0.5, 0.6) is 0 Å². The van der Waals surface area contributed by atoms with E-state index in [9.17, 15) is 0 Å². The van der Waals surface area contributed by atoms with E-state index in [0.29, 0.717) is 6.54 Å². The van der Waals surface area contributed by atoms with Gasteiger partial charge in [-0.05, 0) is 26.0 Å². The van der Waals surface area contributed by atoms with Crippen molar-refractivity contribution in [1.82, 2.24) is 14.4 Å². The quantitative estimate of drug-likeness (QED) is 0.754. The Hall–Kier alpha value is -2.50. The maximum atomic E-state index is 5.45. The number of fused-ring (bicyclic) bond motifs is 1. The number of nitrogens with zero attached hydrogens (tertiary/aromatic N) is 4. The van der Waals surface area contributed by atoms with Crippen molar-refractivity contribution in [3.8, 4) is 0 Å². The first-order valence-corrected chi connectivity index (χ1v) is 7.16. The monoisotopic (exact) mass is 285 g/mol. The number of furan rings is 1. The molecule has 0 saturated heterocycles. The van der Waals surface area contributed by atoms with Gasteiger partial charge in [0.25, 0.3) is 0 Å². The van der Waals surface area contributed by atoms with Crippen molar-refractivity contribution in [3.05, 3.63) is 42.7 Å². The lowest BCUT2D eigenvalue weighted by molar-refractivity contribution is 0.503. The topological polar surface area (TPSA) is 58.6 Å². The van der Waals surface area contributed by atoms with Gasteiger partial charge < -0.3 is 19.0 Å². The molecule has 0 aromatic carbocycles. The predicted octanol–water partition coefficient (Wildman–Crippen LogP) is 2.78. The summed E-state index contributed by atoms with van der Waals surface area (Å²) in [6.07, 6.45) is 7.37. The zero-order chi connectivity index (χ0) is 14.7. The highest BCUT2D eigenvalue weighted by Crippen LogP contribution is 2.22. The molecule has 1 N–H and O–H groups in total. The van der Waals surface area contributed by atoms with Crippen LogP contribution in [-0.2, 0) is 6.54 Å². The van der Waals surface area contributed by atoms with Crippen molar-refractivity contribution in [2.24, 2.45) is 0 Å². The third kappa shape index (κ3) is 2.69. The van der Waals surface area contributed by atoms with Gasteiger partial charge in [0.15, 0.2) is 11.5 Å². The molecule has 6 nitrogen and oxygen atoms in total. The normalized spacial score (nSPS) is 11.0. The summed E-state index contributed by atoms with van der Waals surface area (Å²) in [5.41, 5.74) is 0.852. The average molecular weight is 285 g/mol. The summed E-state index contributed by atoms with van der Waals surface area (Å²) in [6, 6.07) is 3.87. The number of imidazole rings is 1. The first-order valence-electron chi connectivity index (χ1n) is 7.16. The largest absolute Gasteiger partial charge is 0.467 e. The number of hydrogen-bond donors (Lipinski definition) is 1. The smallest absolute Gasteiger partial charge is 0.180 e.